The van der Waals surface area contributed by atoms with Crippen molar-refractivity contribution in [2.75, 3.05) is 23.9 Å². The fourth-order valence-electron chi connectivity index (χ4n) is 1.60. The second kappa shape index (κ2) is 3.86. The summed E-state index contributed by atoms with van der Waals surface area (Å²) >= 11 is 0. The van der Waals surface area contributed by atoms with Gasteiger partial charge in [0.15, 0.2) is 0 Å². The Balaban J connectivity index is 2.29. The predicted molar refractivity (Wildman–Crippen MR) is 53.8 cm³/mol. The van der Waals surface area contributed by atoms with Gasteiger partial charge in [-0.2, -0.15) is 13.2 Å². The number of hydrogen-bond donors (Lipinski definition) is 1. The van der Waals surface area contributed by atoms with E-state index in [1.165, 1.54) is 11.1 Å². The summed E-state index contributed by atoms with van der Waals surface area (Å²) in [4.78, 5) is 5.22. The number of benzene rings is 1. The van der Waals surface area contributed by atoms with Gasteiger partial charge in [0, 0.05) is 6.54 Å². The van der Waals surface area contributed by atoms with Gasteiger partial charge in [0.1, 0.15) is 0 Å². The molecule has 1 fully saturated rings. The van der Waals surface area contributed by atoms with Crippen LogP contribution in [-0.2, 0) is 11.0 Å². The Morgan fingerprint density at radius 2 is 2.06 bits per heavy atom. The molecule has 0 aliphatic carbocycles. The van der Waals surface area contributed by atoms with Gasteiger partial charge in [-0.25, -0.2) is 0 Å². The van der Waals surface area contributed by atoms with Gasteiger partial charge in [0.05, 0.1) is 23.5 Å². The fraction of sp³-hybridized carbons (Fsp3) is 0.400. The topological polar surface area (TPSA) is 38.5 Å². The molecule has 3 nitrogen and oxygen atoms in total. The van der Waals surface area contributed by atoms with Crippen LogP contribution in [0.1, 0.15) is 12.0 Å². The van der Waals surface area contributed by atoms with Crippen molar-refractivity contribution < 1.29 is 18.0 Å². The molecule has 0 spiro atoms. The van der Waals surface area contributed by atoms with Crippen LogP contribution in [-0.4, -0.2) is 13.2 Å². The largest absolute Gasteiger partial charge is 0.416 e. The van der Waals surface area contributed by atoms with Crippen LogP contribution in [0.25, 0.3) is 0 Å². The summed E-state index contributed by atoms with van der Waals surface area (Å²) in [6.07, 6.45) is -3.51. The van der Waals surface area contributed by atoms with Crippen LogP contribution in [0.3, 0.4) is 0 Å². The molecule has 6 heteroatoms. The lowest BCUT2D eigenvalue weighted by atomic mass is 10.1. The number of alkyl halides is 3. The van der Waals surface area contributed by atoms with Crippen LogP contribution in [0.5, 0.6) is 0 Å². The first-order valence-electron chi connectivity index (χ1n) is 4.85. The first-order valence-corrected chi connectivity index (χ1v) is 4.85. The zero-order valence-corrected chi connectivity index (χ0v) is 8.42. The van der Waals surface area contributed by atoms with Crippen LogP contribution in [0.2, 0.25) is 0 Å². The summed E-state index contributed by atoms with van der Waals surface area (Å²) in [5.74, 6) is 0. The van der Waals surface area contributed by atoms with Crippen molar-refractivity contribution in [1.82, 2.24) is 0 Å². The molecule has 16 heavy (non-hydrogen) atoms. The van der Waals surface area contributed by atoms with E-state index in [-0.39, 0.29) is 5.69 Å². The molecule has 1 saturated heterocycles. The minimum Gasteiger partial charge on any atom is -0.397 e. The van der Waals surface area contributed by atoms with Gasteiger partial charge in [0.25, 0.3) is 0 Å². The maximum atomic E-state index is 12.4. The molecule has 88 valence electrons. The van der Waals surface area contributed by atoms with Crippen LogP contribution in [0, 0.1) is 0 Å². The average molecular weight is 232 g/mol. The van der Waals surface area contributed by atoms with E-state index in [0.29, 0.717) is 18.8 Å². The third kappa shape index (κ3) is 2.06. The van der Waals surface area contributed by atoms with Crippen molar-refractivity contribution in [3.63, 3.8) is 0 Å². The number of halogens is 3. The Kier molecular flexibility index (Phi) is 2.67. The number of nitrogens with zero attached hydrogens (tertiary/aromatic N) is 1. The molecular weight excluding hydrogens is 221 g/mol. The Labute approximate surface area is 90.5 Å². The molecule has 0 bridgehead atoms. The molecule has 1 aromatic rings. The third-order valence-electron chi connectivity index (χ3n) is 2.38. The molecule has 0 aromatic heterocycles. The molecule has 2 N–H and O–H groups in total. The summed E-state index contributed by atoms with van der Waals surface area (Å²) < 4.78 is 37.1. The average Bonchev–Trinajstić information content (AvgIpc) is 2.69. The van der Waals surface area contributed by atoms with Crippen molar-refractivity contribution in [1.29, 1.82) is 0 Å². The van der Waals surface area contributed by atoms with Crippen LogP contribution in [0.4, 0.5) is 24.5 Å². The van der Waals surface area contributed by atoms with E-state index in [9.17, 15) is 13.2 Å². The lowest BCUT2D eigenvalue weighted by Gasteiger charge is -2.19. The van der Waals surface area contributed by atoms with Crippen molar-refractivity contribution in [2.24, 2.45) is 0 Å². The van der Waals surface area contributed by atoms with Crippen LogP contribution < -0.4 is 10.8 Å². The predicted octanol–water partition coefficient (Wildman–Crippen LogP) is 2.43. The molecule has 1 aliphatic rings. The molecule has 0 saturated carbocycles. The molecule has 0 radical (unpaired) electrons. The minimum atomic E-state index is -4.36. The number of nitrogens with two attached hydrogens (primary N) is 1. The van der Waals surface area contributed by atoms with Crippen molar-refractivity contribution >= 4 is 11.4 Å². The maximum absolute atomic E-state index is 12.4. The highest BCUT2D eigenvalue weighted by Crippen LogP contribution is 2.34. The van der Waals surface area contributed by atoms with Gasteiger partial charge >= 0.3 is 6.18 Å². The first-order chi connectivity index (χ1) is 7.48. The number of rotatable bonds is 1. The molecule has 0 amide bonds. The maximum Gasteiger partial charge on any atom is 0.416 e. The van der Waals surface area contributed by atoms with E-state index < -0.39 is 11.7 Å². The highest BCUT2D eigenvalue weighted by molar-refractivity contribution is 5.67. The van der Waals surface area contributed by atoms with E-state index in [4.69, 9.17) is 10.6 Å². The van der Waals surface area contributed by atoms with Crippen LogP contribution >= 0.6 is 0 Å². The van der Waals surface area contributed by atoms with Gasteiger partial charge in [-0.3, -0.25) is 9.90 Å². The number of hydrogen-bond acceptors (Lipinski definition) is 3. The summed E-state index contributed by atoms with van der Waals surface area (Å²) in [5.41, 5.74) is 5.41. The zero-order valence-electron chi connectivity index (χ0n) is 8.42. The van der Waals surface area contributed by atoms with E-state index >= 15 is 0 Å². The quantitative estimate of drug-likeness (QED) is 0.756. The highest BCUT2D eigenvalue weighted by Gasteiger charge is 2.31. The molecule has 1 aromatic carbocycles. The van der Waals surface area contributed by atoms with Gasteiger partial charge in [0.2, 0.25) is 0 Å². The first kappa shape index (κ1) is 11.1. The second-order valence-corrected chi connectivity index (χ2v) is 3.56. The van der Waals surface area contributed by atoms with Crippen molar-refractivity contribution in [3.05, 3.63) is 23.8 Å². The highest BCUT2D eigenvalue weighted by atomic mass is 19.4. The summed E-state index contributed by atoms with van der Waals surface area (Å²) in [7, 11) is 0. The SMILES string of the molecule is Nc1cc(C(F)(F)F)ccc1N1CCCO1. The molecule has 2 rings (SSSR count). The Morgan fingerprint density at radius 3 is 2.56 bits per heavy atom. The zero-order chi connectivity index (χ0) is 11.8. The van der Waals surface area contributed by atoms with Crippen molar-refractivity contribution in [2.45, 2.75) is 12.6 Å². The molecule has 1 aliphatic heterocycles. The lowest BCUT2D eigenvalue weighted by molar-refractivity contribution is -0.137. The Morgan fingerprint density at radius 1 is 1.31 bits per heavy atom. The minimum absolute atomic E-state index is 0.0803. The molecule has 1 heterocycles. The van der Waals surface area contributed by atoms with Gasteiger partial charge in [-0.1, -0.05) is 0 Å². The number of nitrogen functional groups attached to an aromatic ring is 1. The van der Waals surface area contributed by atoms with Gasteiger partial charge in [-0.15, -0.1) is 0 Å². The number of anilines is 2. The number of hydroxylamine groups is 1. The molecular formula is C10H11F3N2O. The van der Waals surface area contributed by atoms with Crippen molar-refractivity contribution in [3.8, 4) is 0 Å². The monoisotopic (exact) mass is 232 g/mol. The van der Waals surface area contributed by atoms with E-state index in [0.717, 1.165) is 18.6 Å². The van der Waals surface area contributed by atoms with Crippen LogP contribution in [0.15, 0.2) is 18.2 Å². The Bertz CT molecular complexity index is 386. The summed E-state index contributed by atoms with van der Waals surface area (Å²) in [5, 5.41) is 1.52. The smallest absolute Gasteiger partial charge is 0.397 e. The third-order valence-corrected chi connectivity index (χ3v) is 2.38. The summed E-state index contributed by atoms with van der Waals surface area (Å²) in [6.45, 7) is 1.22. The van der Waals surface area contributed by atoms with Gasteiger partial charge < -0.3 is 5.73 Å². The lowest BCUT2D eigenvalue weighted by Crippen LogP contribution is -2.18. The molecule has 0 atom stereocenters. The summed E-state index contributed by atoms with van der Waals surface area (Å²) in [6, 6.07) is 3.27. The fourth-order valence-corrected chi connectivity index (χ4v) is 1.60. The normalized spacial score (nSPS) is 16.8. The van der Waals surface area contributed by atoms with E-state index in [2.05, 4.69) is 0 Å². The van der Waals surface area contributed by atoms with E-state index in [1.54, 1.807) is 0 Å². The molecule has 0 unspecified atom stereocenters. The second-order valence-electron chi connectivity index (χ2n) is 3.56. The Hall–Kier alpha value is -1.43. The van der Waals surface area contributed by atoms with Gasteiger partial charge in [-0.05, 0) is 24.6 Å². The van der Waals surface area contributed by atoms with E-state index in [1.807, 2.05) is 0 Å². The standard InChI is InChI=1S/C10H11F3N2O/c11-10(12,13)7-2-3-9(8(14)6-7)15-4-1-5-16-15/h2-3,6H,1,4-5,14H2.